The number of hydrogen-bond donors (Lipinski definition) is 0. The van der Waals surface area contributed by atoms with Crippen LogP contribution in [0.1, 0.15) is 5.56 Å². The molecule has 0 bridgehead atoms. The molecule has 0 amide bonds. The lowest BCUT2D eigenvalue weighted by Gasteiger charge is -2.06. The van der Waals surface area contributed by atoms with E-state index in [9.17, 15) is 4.39 Å². The van der Waals surface area contributed by atoms with Crippen molar-refractivity contribution in [1.29, 1.82) is 0 Å². The highest BCUT2D eigenvalue weighted by Crippen LogP contribution is 2.24. The van der Waals surface area contributed by atoms with Crippen LogP contribution in [-0.2, 0) is 6.54 Å². The Balaban J connectivity index is 2.13. The SMILES string of the molecule is Fc1ccccc1Cn1c(Br)nc2c(Cl)ncnc21. The standard InChI is InChI=1S/C12H7BrClFN4/c13-12-18-9-10(14)16-6-17-11(9)19(12)5-7-3-1-2-4-8(7)15/h1-4,6H,5H2. The van der Waals surface area contributed by atoms with Crippen LogP contribution in [0.2, 0.25) is 5.15 Å². The van der Waals surface area contributed by atoms with Gasteiger partial charge in [0.2, 0.25) is 0 Å². The highest BCUT2D eigenvalue weighted by molar-refractivity contribution is 9.10. The lowest BCUT2D eigenvalue weighted by molar-refractivity contribution is 0.599. The molecule has 0 saturated heterocycles. The number of aromatic nitrogens is 4. The molecule has 2 heterocycles. The number of rotatable bonds is 2. The molecular weight excluding hydrogens is 335 g/mol. The molecule has 0 spiro atoms. The van der Waals surface area contributed by atoms with E-state index in [0.717, 1.165) is 0 Å². The normalized spacial score (nSPS) is 11.1. The molecule has 0 N–H and O–H groups in total. The third-order valence-corrected chi connectivity index (χ3v) is 3.61. The number of imidazole rings is 1. The van der Waals surface area contributed by atoms with Gasteiger partial charge in [0.1, 0.15) is 17.7 Å². The topological polar surface area (TPSA) is 43.6 Å². The molecule has 0 aliphatic carbocycles. The lowest BCUT2D eigenvalue weighted by atomic mass is 10.2. The molecule has 2 aromatic heterocycles. The van der Waals surface area contributed by atoms with E-state index >= 15 is 0 Å². The summed E-state index contributed by atoms with van der Waals surface area (Å²) in [6, 6.07) is 6.58. The molecule has 0 saturated carbocycles. The second kappa shape index (κ2) is 4.86. The highest BCUT2D eigenvalue weighted by Gasteiger charge is 2.14. The van der Waals surface area contributed by atoms with Crippen molar-refractivity contribution in [1.82, 2.24) is 19.5 Å². The van der Waals surface area contributed by atoms with Gasteiger partial charge in [-0.15, -0.1) is 0 Å². The molecule has 96 valence electrons. The fourth-order valence-corrected chi connectivity index (χ4v) is 2.46. The molecule has 0 aliphatic rings. The fraction of sp³-hybridized carbons (Fsp3) is 0.0833. The molecule has 7 heteroatoms. The molecule has 0 fully saturated rings. The zero-order valence-electron chi connectivity index (χ0n) is 9.52. The van der Waals surface area contributed by atoms with Gasteiger partial charge in [-0.05, 0) is 22.0 Å². The number of benzene rings is 1. The van der Waals surface area contributed by atoms with Gasteiger partial charge in [-0.25, -0.2) is 19.3 Å². The van der Waals surface area contributed by atoms with E-state index in [1.54, 1.807) is 22.8 Å². The van der Waals surface area contributed by atoms with Crippen molar-refractivity contribution >= 4 is 38.7 Å². The van der Waals surface area contributed by atoms with Crippen LogP contribution in [0, 0.1) is 5.82 Å². The van der Waals surface area contributed by atoms with Gasteiger partial charge in [-0.2, -0.15) is 0 Å². The van der Waals surface area contributed by atoms with Crippen molar-refractivity contribution < 1.29 is 4.39 Å². The Morgan fingerprint density at radius 2 is 2.05 bits per heavy atom. The summed E-state index contributed by atoms with van der Waals surface area (Å²) in [5.41, 5.74) is 1.61. The van der Waals surface area contributed by atoms with Crippen LogP contribution in [0.4, 0.5) is 4.39 Å². The average molecular weight is 342 g/mol. The molecule has 1 aromatic carbocycles. The van der Waals surface area contributed by atoms with Crippen LogP contribution in [0.15, 0.2) is 35.3 Å². The van der Waals surface area contributed by atoms with E-state index in [1.807, 2.05) is 0 Å². The number of fused-ring (bicyclic) bond motifs is 1. The maximum absolute atomic E-state index is 13.7. The minimum absolute atomic E-state index is 0.267. The lowest BCUT2D eigenvalue weighted by Crippen LogP contribution is -2.03. The minimum atomic E-state index is -0.267. The summed E-state index contributed by atoms with van der Waals surface area (Å²) in [5.74, 6) is -0.267. The summed E-state index contributed by atoms with van der Waals surface area (Å²) in [6.45, 7) is 0.317. The Morgan fingerprint density at radius 1 is 1.26 bits per heavy atom. The van der Waals surface area contributed by atoms with Crippen LogP contribution in [-0.4, -0.2) is 19.5 Å². The van der Waals surface area contributed by atoms with Crippen LogP contribution in [0.25, 0.3) is 11.2 Å². The Kier molecular flexibility index (Phi) is 3.20. The first-order valence-electron chi connectivity index (χ1n) is 5.42. The van der Waals surface area contributed by atoms with Gasteiger partial charge in [0.05, 0.1) is 6.54 Å². The van der Waals surface area contributed by atoms with E-state index < -0.39 is 0 Å². The summed E-state index contributed by atoms with van der Waals surface area (Å²) < 4.78 is 16.0. The number of nitrogens with zero attached hydrogens (tertiary/aromatic N) is 4. The van der Waals surface area contributed by atoms with Crippen molar-refractivity contribution in [2.24, 2.45) is 0 Å². The summed E-state index contributed by atoms with van der Waals surface area (Å²) >= 11 is 9.28. The van der Waals surface area contributed by atoms with Gasteiger partial charge >= 0.3 is 0 Å². The Labute approximate surface area is 121 Å². The smallest absolute Gasteiger partial charge is 0.179 e. The van der Waals surface area contributed by atoms with Gasteiger partial charge in [0.25, 0.3) is 0 Å². The highest BCUT2D eigenvalue weighted by atomic mass is 79.9. The van der Waals surface area contributed by atoms with Crippen molar-refractivity contribution in [2.75, 3.05) is 0 Å². The summed E-state index contributed by atoms with van der Waals surface area (Å²) in [7, 11) is 0. The first-order valence-corrected chi connectivity index (χ1v) is 6.59. The van der Waals surface area contributed by atoms with Crippen molar-refractivity contribution in [3.63, 3.8) is 0 Å². The third-order valence-electron chi connectivity index (χ3n) is 2.73. The van der Waals surface area contributed by atoms with Crippen LogP contribution in [0.5, 0.6) is 0 Å². The van der Waals surface area contributed by atoms with Gasteiger partial charge in [0, 0.05) is 5.56 Å². The molecule has 0 aliphatic heterocycles. The van der Waals surface area contributed by atoms with E-state index in [2.05, 4.69) is 30.9 Å². The minimum Gasteiger partial charge on any atom is -0.298 e. The van der Waals surface area contributed by atoms with Crippen LogP contribution >= 0.6 is 27.5 Å². The number of halogens is 3. The summed E-state index contributed by atoms with van der Waals surface area (Å²) in [6.07, 6.45) is 1.36. The molecule has 0 unspecified atom stereocenters. The zero-order chi connectivity index (χ0) is 13.4. The van der Waals surface area contributed by atoms with Crippen molar-refractivity contribution in [2.45, 2.75) is 6.54 Å². The molecular formula is C12H7BrClFN4. The van der Waals surface area contributed by atoms with Crippen LogP contribution in [0.3, 0.4) is 0 Å². The summed E-state index contributed by atoms with van der Waals surface area (Å²) in [4.78, 5) is 12.2. The Morgan fingerprint density at radius 3 is 2.84 bits per heavy atom. The molecule has 3 rings (SSSR count). The Bertz CT molecular complexity index is 759. The van der Waals surface area contributed by atoms with Crippen LogP contribution < -0.4 is 0 Å². The van der Waals surface area contributed by atoms with E-state index in [1.165, 1.54) is 12.4 Å². The predicted molar refractivity (Wildman–Crippen MR) is 73.5 cm³/mol. The van der Waals surface area contributed by atoms with Crippen molar-refractivity contribution in [3.8, 4) is 0 Å². The summed E-state index contributed by atoms with van der Waals surface area (Å²) in [5, 5.41) is 0.276. The molecule has 3 aromatic rings. The van der Waals surface area contributed by atoms with Gasteiger partial charge in [-0.3, -0.25) is 4.57 Å². The van der Waals surface area contributed by atoms with Crippen molar-refractivity contribution in [3.05, 3.63) is 51.9 Å². The Hall–Kier alpha value is -1.53. The second-order valence-corrected chi connectivity index (χ2v) is 4.96. The number of hydrogen-bond acceptors (Lipinski definition) is 3. The monoisotopic (exact) mass is 340 g/mol. The van der Waals surface area contributed by atoms with E-state index in [4.69, 9.17) is 11.6 Å². The maximum atomic E-state index is 13.7. The predicted octanol–water partition coefficient (Wildman–Crippen LogP) is 3.43. The first-order chi connectivity index (χ1) is 9.16. The van der Waals surface area contributed by atoms with E-state index in [-0.39, 0.29) is 11.0 Å². The van der Waals surface area contributed by atoms with E-state index in [0.29, 0.717) is 28.0 Å². The molecule has 0 radical (unpaired) electrons. The first kappa shape index (κ1) is 12.5. The molecule has 4 nitrogen and oxygen atoms in total. The largest absolute Gasteiger partial charge is 0.298 e. The van der Waals surface area contributed by atoms with Gasteiger partial charge in [0.15, 0.2) is 15.5 Å². The fourth-order valence-electron chi connectivity index (χ4n) is 1.82. The van der Waals surface area contributed by atoms with Gasteiger partial charge in [-0.1, -0.05) is 29.8 Å². The molecule has 0 atom stereocenters. The maximum Gasteiger partial charge on any atom is 0.179 e. The average Bonchev–Trinajstić information content (AvgIpc) is 2.71. The zero-order valence-corrected chi connectivity index (χ0v) is 11.9. The third kappa shape index (κ3) is 2.21. The second-order valence-electron chi connectivity index (χ2n) is 3.90. The van der Waals surface area contributed by atoms with Gasteiger partial charge < -0.3 is 0 Å². The molecule has 19 heavy (non-hydrogen) atoms. The quantitative estimate of drug-likeness (QED) is 0.530.